The number of hydrogen-bond donors (Lipinski definition) is 1. The van der Waals surface area contributed by atoms with E-state index in [-0.39, 0.29) is 5.91 Å². The molecule has 17 heavy (non-hydrogen) atoms. The van der Waals surface area contributed by atoms with Gasteiger partial charge in [-0.15, -0.1) is 6.58 Å². The molecule has 1 N–H and O–H groups in total. The summed E-state index contributed by atoms with van der Waals surface area (Å²) in [5, 5.41) is 2.72. The van der Waals surface area contributed by atoms with Crippen molar-refractivity contribution in [3.8, 4) is 5.75 Å². The molecule has 4 heteroatoms. The standard InChI is InChI=1S/C13H16BrNO2/c1-2-9-15-13(16)4-3-10-17-12-7-5-11(14)6-8-12/h2,5-8H,1,3-4,9-10H2,(H,15,16). The van der Waals surface area contributed by atoms with Gasteiger partial charge in [0, 0.05) is 17.4 Å². The average molecular weight is 298 g/mol. The minimum absolute atomic E-state index is 0.0318. The first-order valence-corrected chi connectivity index (χ1v) is 6.27. The van der Waals surface area contributed by atoms with E-state index >= 15 is 0 Å². The summed E-state index contributed by atoms with van der Waals surface area (Å²) >= 11 is 3.35. The fraction of sp³-hybridized carbons (Fsp3) is 0.308. The highest BCUT2D eigenvalue weighted by molar-refractivity contribution is 9.10. The molecule has 0 aliphatic rings. The number of benzene rings is 1. The molecule has 1 amide bonds. The third-order valence-electron chi connectivity index (χ3n) is 2.07. The van der Waals surface area contributed by atoms with Gasteiger partial charge in [-0.3, -0.25) is 4.79 Å². The van der Waals surface area contributed by atoms with Gasteiger partial charge < -0.3 is 10.1 Å². The summed E-state index contributed by atoms with van der Waals surface area (Å²) in [7, 11) is 0. The quantitative estimate of drug-likeness (QED) is 0.621. The number of ether oxygens (including phenoxy) is 1. The Morgan fingerprint density at radius 1 is 1.41 bits per heavy atom. The lowest BCUT2D eigenvalue weighted by atomic mass is 10.3. The van der Waals surface area contributed by atoms with Crippen LogP contribution in [0.1, 0.15) is 12.8 Å². The van der Waals surface area contributed by atoms with Crippen molar-refractivity contribution in [2.45, 2.75) is 12.8 Å². The number of hydrogen-bond acceptors (Lipinski definition) is 2. The van der Waals surface area contributed by atoms with Gasteiger partial charge in [0.05, 0.1) is 6.61 Å². The van der Waals surface area contributed by atoms with Crippen molar-refractivity contribution in [2.24, 2.45) is 0 Å². The zero-order valence-corrected chi connectivity index (χ0v) is 11.2. The van der Waals surface area contributed by atoms with Crippen molar-refractivity contribution < 1.29 is 9.53 Å². The largest absolute Gasteiger partial charge is 0.494 e. The van der Waals surface area contributed by atoms with Crippen LogP contribution in [-0.2, 0) is 4.79 Å². The second kappa shape index (κ2) is 7.90. The fourth-order valence-electron chi connectivity index (χ4n) is 1.23. The molecular weight excluding hydrogens is 282 g/mol. The van der Waals surface area contributed by atoms with E-state index in [0.717, 1.165) is 10.2 Å². The molecule has 0 fully saturated rings. The molecule has 1 rings (SSSR count). The summed E-state index contributed by atoms with van der Waals surface area (Å²) in [5.41, 5.74) is 0. The first-order chi connectivity index (χ1) is 8.22. The van der Waals surface area contributed by atoms with E-state index in [1.54, 1.807) is 6.08 Å². The van der Waals surface area contributed by atoms with Crippen molar-refractivity contribution in [1.82, 2.24) is 5.32 Å². The van der Waals surface area contributed by atoms with Crippen LogP contribution < -0.4 is 10.1 Å². The van der Waals surface area contributed by atoms with Gasteiger partial charge in [0.2, 0.25) is 5.91 Å². The molecule has 0 unspecified atom stereocenters. The Morgan fingerprint density at radius 2 is 2.12 bits per heavy atom. The maximum absolute atomic E-state index is 11.2. The summed E-state index contributed by atoms with van der Waals surface area (Å²) in [6, 6.07) is 7.63. The van der Waals surface area contributed by atoms with Gasteiger partial charge in [-0.25, -0.2) is 0 Å². The van der Waals surface area contributed by atoms with Gasteiger partial charge in [-0.05, 0) is 30.7 Å². The van der Waals surface area contributed by atoms with E-state index in [1.807, 2.05) is 24.3 Å². The highest BCUT2D eigenvalue weighted by Gasteiger charge is 1.99. The predicted molar refractivity (Wildman–Crippen MR) is 72.1 cm³/mol. The van der Waals surface area contributed by atoms with E-state index in [4.69, 9.17) is 4.74 Å². The van der Waals surface area contributed by atoms with Crippen LogP contribution in [0.5, 0.6) is 5.75 Å². The van der Waals surface area contributed by atoms with Gasteiger partial charge in [0.1, 0.15) is 5.75 Å². The second-order valence-electron chi connectivity index (χ2n) is 3.50. The summed E-state index contributed by atoms with van der Waals surface area (Å²) in [6.45, 7) is 4.60. The number of carbonyl (C=O) groups is 1. The van der Waals surface area contributed by atoms with Crippen molar-refractivity contribution in [3.63, 3.8) is 0 Å². The van der Waals surface area contributed by atoms with Crippen LogP contribution in [0.4, 0.5) is 0 Å². The minimum atomic E-state index is 0.0318. The molecule has 0 aliphatic heterocycles. The van der Waals surface area contributed by atoms with Crippen LogP contribution in [-0.4, -0.2) is 19.1 Å². The van der Waals surface area contributed by atoms with Crippen LogP contribution in [0.3, 0.4) is 0 Å². The van der Waals surface area contributed by atoms with Crippen molar-refractivity contribution in [1.29, 1.82) is 0 Å². The zero-order valence-electron chi connectivity index (χ0n) is 9.62. The number of amides is 1. The van der Waals surface area contributed by atoms with Gasteiger partial charge >= 0.3 is 0 Å². The lowest BCUT2D eigenvalue weighted by Crippen LogP contribution is -2.23. The topological polar surface area (TPSA) is 38.3 Å². The van der Waals surface area contributed by atoms with Crippen molar-refractivity contribution in [2.75, 3.05) is 13.2 Å². The monoisotopic (exact) mass is 297 g/mol. The maximum Gasteiger partial charge on any atom is 0.220 e. The van der Waals surface area contributed by atoms with Crippen LogP contribution in [0, 0.1) is 0 Å². The number of rotatable bonds is 7. The molecule has 1 aromatic rings. The summed E-state index contributed by atoms with van der Waals surface area (Å²) in [6.07, 6.45) is 2.85. The van der Waals surface area contributed by atoms with Gasteiger partial charge in [0.25, 0.3) is 0 Å². The molecular formula is C13H16BrNO2. The molecule has 3 nitrogen and oxygen atoms in total. The van der Waals surface area contributed by atoms with E-state index in [9.17, 15) is 4.79 Å². The van der Waals surface area contributed by atoms with Crippen LogP contribution in [0.25, 0.3) is 0 Å². The fourth-order valence-corrected chi connectivity index (χ4v) is 1.49. The Bertz CT molecular complexity index is 362. The van der Waals surface area contributed by atoms with Gasteiger partial charge in [0.15, 0.2) is 0 Å². The van der Waals surface area contributed by atoms with Crippen molar-refractivity contribution >= 4 is 21.8 Å². The molecule has 0 aromatic heterocycles. The van der Waals surface area contributed by atoms with E-state index in [1.165, 1.54) is 0 Å². The molecule has 0 saturated heterocycles. The molecule has 0 radical (unpaired) electrons. The van der Waals surface area contributed by atoms with Crippen LogP contribution in [0.2, 0.25) is 0 Å². The highest BCUT2D eigenvalue weighted by atomic mass is 79.9. The third kappa shape index (κ3) is 6.12. The second-order valence-corrected chi connectivity index (χ2v) is 4.41. The molecule has 92 valence electrons. The summed E-state index contributed by atoms with van der Waals surface area (Å²) in [5.74, 6) is 0.851. The summed E-state index contributed by atoms with van der Waals surface area (Å²) < 4.78 is 6.52. The first kappa shape index (κ1) is 13.8. The molecule has 0 spiro atoms. The van der Waals surface area contributed by atoms with Crippen LogP contribution >= 0.6 is 15.9 Å². The summed E-state index contributed by atoms with van der Waals surface area (Å²) in [4.78, 5) is 11.2. The maximum atomic E-state index is 11.2. The zero-order chi connectivity index (χ0) is 12.5. The number of nitrogens with one attached hydrogen (secondary N) is 1. The molecule has 0 atom stereocenters. The molecule has 0 aliphatic carbocycles. The number of carbonyl (C=O) groups excluding carboxylic acids is 1. The van der Waals surface area contributed by atoms with E-state index < -0.39 is 0 Å². The van der Waals surface area contributed by atoms with E-state index in [2.05, 4.69) is 27.8 Å². The lowest BCUT2D eigenvalue weighted by Gasteiger charge is -2.06. The Balaban J connectivity index is 2.13. The molecule has 0 saturated carbocycles. The third-order valence-corrected chi connectivity index (χ3v) is 2.60. The van der Waals surface area contributed by atoms with E-state index in [0.29, 0.717) is 26.0 Å². The Kier molecular flexibility index (Phi) is 6.40. The van der Waals surface area contributed by atoms with Crippen molar-refractivity contribution in [3.05, 3.63) is 41.4 Å². The predicted octanol–water partition coefficient (Wildman–Crippen LogP) is 2.91. The van der Waals surface area contributed by atoms with Crippen LogP contribution in [0.15, 0.2) is 41.4 Å². The van der Waals surface area contributed by atoms with Gasteiger partial charge in [-0.1, -0.05) is 22.0 Å². The number of halogens is 1. The van der Waals surface area contributed by atoms with Gasteiger partial charge in [-0.2, -0.15) is 0 Å². The molecule has 0 heterocycles. The highest BCUT2D eigenvalue weighted by Crippen LogP contribution is 2.16. The normalized spacial score (nSPS) is 9.71. The Morgan fingerprint density at radius 3 is 2.76 bits per heavy atom. The Hall–Kier alpha value is -1.29. The average Bonchev–Trinajstić information content (AvgIpc) is 2.34. The lowest BCUT2D eigenvalue weighted by molar-refractivity contribution is -0.121. The first-order valence-electron chi connectivity index (χ1n) is 5.48. The SMILES string of the molecule is C=CCNC(=O)CCCOc1ccc(Br)cc1. The Labute approximate surface area is 110 Å². The minimum Gasteiger partial charge on any atom is -0.494 e. The smallest absolute Gasteiger partial charge is 0.220 e. The molecule has 1 aromatic carbocycles. The molecule has 0 bridgehead atoms.